The second-order valence-corrected chi connectivity index (χ2v) is 4.10. The smallest absolute Gasteiger partial charge is 0.255 e. The highest BCUT2D eigenvalue weighted by atomic mass is 16.3. The quantitative estimate of drug-likeness (QED) is 0.676. The van der Waals surface area contributed by atoms with Gasteiger partial charge in [0, 0.05) is 17.6 Å². The van der Waals surface area contributed by atoms with Crippen molar-refractivity contribution in [1.29, 1.82) is 0 Å². The molecule has 1 heterocycles. The van der Waals surface area contributed by atoms with Gasteiger partial charge in [-0.15, -0.1) is 0 Å². The Morgan fingerprint density at radius 2 is 1.79 bits per heavy atom. The number of rotatable bonds is 3. The van der Waals surface area contributed by atoms with E-state index >= 15 is 0 Å². The fourth-order valence-corrected chi connectivity index (χ4v) is 1.18. The van der Waals surface area contributed by atoms with Crippen LogP contribution in [0.5, 0.6) is 0 Å². The van der Waals surface area contributed by atoms with Gasteiger partial charge in [-0.2, -0.15) is 0 Å². The predicted octanol–water partition coefficient (Wildman–Crippen LogP) is 0.666. The molecule has 78 valence electrons. The fraction of sp³-hybridized carbons (Fsp3) is 0.600. The van der Waals surface area contributed by atoms with Crippen LogP contribution in [0.3, 0.4) is 0 Å². The molecule has 0 saturated heterocycles. The summed E-state index contributed by atoms with van der Waals surface area (Å²) in [7, 11) is 0. The molecule has 2 amide bonds. The molecule has 1 aliphatic rings. The molecular weight excluding hydrogens is 182 g/mol. The first-order chi connectivity index (χ1) is 6.40. The first-order valence-corrected chi connectivity index (χ1v) is 4.63. The molecule has 0 aromatic rings. The Hall–Kier alpha value is -1.16. The summed E-state index contributed by atoms with van der Waals surface area (Å²) in [6.45, 7) is 5.54. The molecule has 0 fully saturated rings. The highest BCUT2D eigenvalue weighted by Crippen LogP contribution is 2.28. The summed E-state index contributed by atoms with van der Waals surface area (Å²) in [4.78, 5) is 23.4. The van der Waals surface area contributed by atoms with Crippen molar-refractivity contribution in [3.63, 3.8) is 0 Å². The number of aliphatic hydroxyl groups excluding tert-OH is 1. The molecule has 0 saturated carbocycles. The SMILES string of the molecule is CCC(C)(C)C(O)N1C(=O)C=CC1=O. The minimum Gasteiger partial charge on any atom is -0.372 e. The van der Waals surface area contributed by atoms with Crippen LogP contribution in [-0.2, 0) is 9.59 Å². The molecule has 0 radical (unpaired) electrons. The van der Waals surface area contributed by atoms with Gasteiger partial charge in [0.05, 0.1) is 0 Å². The van der Waals surface area contributed by atoms with Crippen LogP contribution in [-0.4, -0.2) is 28.0 Å². The number of aliphatic hydroxyl groups is 1. The number of carbonyl (C=O) groups excluding carboxylic acids is 2. The van der Waals surface area contributed by atoms with Crippen molar-refractivity contribution in [3.05, 3.63) is 12.2 Å². The summed E-state index contributed by atoms with van der Waals surface area (Å²) in [5.74, 6) is -0.881. The van der Waals surface area contributed by atoms with Gasteiger partial charge in [-0.1, -0.05) is 20.8 Å². The van der Waals surface area contributed by atoms with Crippen molar-refractivity contribution >= 4 is 11.8 Å². The summed E-state index contributed by atoms with van der Waals surface area (Å²) in [6.07, 6.45) is 1.99. The van der Waals surface area contributed by atoms with Crippen molar-refractivity contribution in [2.24, 2.45) is 5.41 Å². The number of nitrogens with zero attached hydrogens (tertiary/aromatic N) is 1. The highest BCUT2D eigenvalue weighted by Gasteiger charge is 2.38. The van der Waals surface area contributed by atoms with Gasteiger partial charge in [-0.25, -0.2) is 4.90 Å². The van der Waals surface area contributed by atoms with Crippen molar-refractivity contribution in [2.45, 2.75) is 33.4 Å². The molecule has 0 aliphatic carbocycles. The molecular formula is C10H15NO3. The Morgan fingerprint density at radius 1 is 1.36 bits per heavy atom. The maximum atomic E-state index is 11.2. The van der Waals surface area contributed by atoms with Crippen LogP contribution in [0.1, 0.15) is 27.2 Å². The van der Waals surface area contributed by atoms with Gasteiger partial charge in [-0.05, 0) is 6.42 Å². The lowest BCUT2D eigenvalue weighted by molar-refractivity contribution is -0.156. The van der Waals surface area contributed by atoms with E-state index in [9.17, 15) is 14.7 Å². The number of imide groups is 1. The largest absolute Gasteiger partial charge is 0.372 e. The molecule has 1 rings (SSSR count). The fourth-order valence-electron chi connectivity index (χ4n) is 1.18. The van der Waals surface area contributed by atoms with E-state index in [-0.39, 0.29) is 0 Å². The van der Waals surface area contributed by atoms with Crippen LogP contribution >= 0.6 is 0 Å². The summed E-state index contributed by atoms with van der Waals surface area (Å²) < 4.78 is 0. The van der Waals surface area contributed by atoms with Gasteiger partial charge < -0.3 is 5.11 Å². The average Bonchev–Trinajstić information content (AvgIpc) is 2.45. The van der Waals surface area contributed by atoms with Crippen LogP contribution in [0.4, 0.5) is 0 Å². The number of amides is 2. The molecule has 4 nitrogen and oxygen atoms in total. The van der Waals surface area contributed by atoms with Gasteiger partial charge in [-0.3, -0.25) is 9.59 Å². The zero-order valence-electron chi connectivity index (χ0n) is 8.65. The summed E-state index contributed by atoms with van der Waals surface area (Å²) >= 11 is 0. The number of hydrogen-bond donors (Lipinski definition) is 1. The molecule has 0 aromatic heterocycles. The van der Waals surface area contributed by atoms with Crippen molar-refractivity contribution in [3.8, 4) is 0 Å². The highest BCUT2D eigenvalue weighted by molar-refractivity contribution is 6.13. The average molecular weight is 197 g/mol. The molecule has 1 atom stereocenters. The maximum Gasteiger partial charge on any atom is 0.255 e. The second-order valence-electron chi connectivity index (χ2n) is 4.10. The molecule has 1 N–H and O–H groups in total. The van der Waals surface area contributed by atoms with Gasteiger partial charge in [0.2, 0.25) is 0 Å². The summed E-state index contributed by atoms with van der Waals surface area (Å²) in [6, 6.07) is 0. The summed E-state index contributed by atoms with van der Waals surface area (Å²) in [5, 5.41) is 9.86. The molecule has 0 aromatic carbocycles. The molecule has 0 spiro atoms. The third kappa shape index (κ3) is 1.70. The number of hydrogen-bond acceptors (Lipinski definition) is 3. The van der Waals surface area contributed by atoms with Crippen molar-refractivity contribution in [2.75, 3.05) is 0 Å². The predicted molar refractivity (Wildman–Crippen MR) is 51.1 cm³/mol. The zero-order chi connectivity index (χ0) is 10.9. The minimum atomic E-state index is -1.05. The standard InChI is InChI=1S/C10H15NO3/c1-4-10(2,3)9(14)11-7(12)5-6-8(11)13/h5-6,9,14H,4H2,1-3H3. The van der Waals surface area contributed by atoms with E-state index < -0.39 is 23.5 Å². The third-order valence-corrected chi connectivity index (χ3v) is 2.70. The molecule has 0 bridgehead atoms. The van der Waals surface area contributed by atoms with Crippen LogP contribution in [0.15, 0.2) is 12.2 Å². The molecule has 1 unspecified atom stereocenters. The van der Waals surface area contributed by atoms with E-state index in [0.717, 1.165) is 4.90 Å². The lowest BCUT2D eigenvalue weighted by atomic mass is 9.87. The first-order valence-electron chi connectivity index (χ1n) is 4.63. The Morgan fingerprint density at radius 3 is 2.14 bits per heavy atom. The topological polar surface area (TPSA) is 57.6 Å². The molecule has 14 heavy (non-hydrogen) atoms. The van der Waals surface area contributed by atoms with Gasteiger partial charge in [0.1, 0.15) is 6.23 Å². The van der Waals surface area contributed by atoms with Gasteiger partial charge >= 0.3 is 0 Å². The normalized spacial score (nSPS) is 19.3. The third-order valence-electron chi connectivity index (χ3n) is 2.70. The second kappa shape index (κ2) is 3.53. The van der Waals surface area contributed by atoms with E-state index in [2.05, 4.69) is 0 Å². The Balaban J connectivity index is 2.85. The van der Waals surface area contributed by atoms with Crippen molar-refractivity contribution < 1.29 is 14.7 Å². The number of carbonyl (C=O) groups is 2. The summed E-state index contributed by atoms with van der Waals surface area (Å²) in [5.41, 5.74) is -0.475. The van der Waals surface area contributed by atoms with Crippen LogP contribution in [0.2, 0.25) is 0 Å². The van der Waals surface area contributed by atoms with Crippen molar-refractivity contribution in [1.82, 2.24) is 4.90 Å². The lowest BCUT2D eigenvalue weighted by Gasteiger charge is -2.34. The van der Waals surface area contributed by atoms with Crippen LogP contribution < -0.4 is 0 Å². The van der Waals surface area contributed by atoms with E-state index in [1.165, 1.54) is 12.2 Å². The monoisotopic (exact) mass is 197 g/mol. The Labute approximate surface area is 83.2 Å². The maximum absolute atomic E-state index is 11.2. The van der Waals surface area contributed by atoms with Crippen LogP contribution in [0, 0.1) is 5.41 Å². The van der Waals surface area contributed by atoms with E-state index in [4.69, 9.17) is 0 Å². The van der Waals surface area contributed by atoms with E-state index in [1.54, 1.807) is 0 Å². The Bertz CT molecular complexity index is 276. The van der Waals surface area contributed by atoms with Gasteiger partial charge in [0.15, 0.2) is 0 Å². The Kier molecular flexibility index (Phi) is 2.76. The molecule has 4 heteroatoms. The van der Waals surface area contributed by atoms with Crippen LogP contribution in [0.25, 0.3) is 0 Å². The minimum absolute atomic E-state index is 0.441. The zero-order valence-corrected chi connectivity index (χ0v) is 8.65. The van der Waals surface area contributed by atoms with Gasteiger partial charge in [0.25, 0.3) is 11.8 Å². The van der Waals surface area contributed by atoms with E-state index in [0.29, 0.717) is 6.42 Å². The van der Waals surface area contributed by atoms with E-state index in [1.807, 2.05) is 20.8 Å². The molecule has 1 aliphatic heterocycles. The first kappa shape index (κ1) is 10.9. The lowest BCUT2D eigenvalue weighted by Crippen LogP contribution is -2.48.